The molecular formula is C18H18Cl2FN5O. The van der Waals surface area contributed by atoms with E-state index in [0.717, 1.165) is 0 Å². The van der Waals surface area contributed by atoms with E-state index in [1.54, 1.807) is 6.92 Å². The zero-order valence-electron chi connectivity index (χ0n) is 14.6. The maximum atomic E-state index is 13.1. The van der Waals surface area contributed by atoms with Gasteiger partial charge in [-0.1, -0.05) is 0 Å². The van der Waals surface area contributed by atoms with Crippen LogP contribution in [0.1, 0.15) is 31.0 Å². The maximum absolute atomic E-state index is 13.1. The molecule has 9 heteroatoms. The summed E-state index contributed by atoms with van der Waals surface area (Å²) in [7, 11) is 0. The normalized spacial score (nSPS) is 20.1. The van der Waals surface area contributed by atoms with Crippen LogP contribution < -0.4 is 11.1 Å². The number of halogens is 3. The number of rotatable bonds is 6. The van der Waals surface area contributed by atoms with Gasteiger partial charge in [-0.25, -0.2) is 9.07 Å². The van der Waals surface area contributed by atoms with Crippen LogP contribution in [0.5, 0.6) is 0 Å². The van der Waals surface area contributed by atoms with Gasteiger partial charge < -0.3 is 11.1 Å². The summed E-state index contributed by atoms with van der Waals surface area (Å²) in [6.45, 7) is 2.12. The molecule has 1 amide bonds. The molecule has 1 aliphatic carbocycles. The van der Waals surface area contributed by atoms with E-state index in [1.165, 1.54) is 28.9 Å². The van der Waals surface area contributed by atoms with E-state index in [0.29, 0.717) is 37.2 Å². The number of benzene rings is 1. The van der Waals surface area contributed by atoms with Crippen LogP contribution in [0.25, 0.3) is 5.69 Å². The lowest BCUT2D eigenvalue weighted by Gasteiger charge is -2.12. The van der Waals surface area contributed by atoms with Crippen LogP contribution in [0.15, 0.2) is 24.3 Å². The second-order valence-corrected chi connectivity index (χ2v) is 8.26. The Morgan fingerprint density at radius 2 is 2.07 bits per heavy atom. The minimum atomic E-state index is -1.01. The van der Waals surface area contributed by atoms with Gasteiger partial charge in [0, 0.05) is 6.54 Å². The van der Waals surface area contributed by atoms with Crippen molar-refractivity contribution in [3.63, 3.8) is 0 Å². The summed E-state index contributed by atoms with van der Waals surface area (Å²) in [6.07, 6.45) is 1.44. The zero-order chi connectivity index (χ0) is 19.8. The van der Waals surface area contributed by atoms with Crippen molar-refractivity contribution in [3.8, 4) is 11.8 Å². The Hall–Kier alpha value is -2.30. The third-order valence-corrected chi connectivity index (χ3v) is 5.91. The zero-order valence-corrected chi connectivity index (χ0v) is 16.1. The third-order valence-electron chi connectivity index (χ3n) is 4.81. The maximum Gasteiger partial charge on any atom is 0.229 e. The molecule has 0 unspecified atom stereocenters. The van der Waals surface area contributed by atoms with E-state index in [1.807, 2.05) is 0 Å². The second-order valence-electron chi connectivity index (χ2n) is 6.78. The van der Waals surface area contributed by atoms with Crippen molar-refractivity contribution in [2.45, 2.75) is 30.5 Å². The Kier molecular flexibility index (Phi) is 5.06. The highest BCUT2D eigenvalue weighted by atomic mass is 35.5. The molecule has 0 radical (unpaired) electrons. The summed E-state index contributed by atoms with van der Waals surface area (Å²) < 4.78 is 13.5. The summed E-state index contributed by atoms with van der Waals surface area (Å²) in [4.78, 5) is 12.1. The van der Waals surface area contributed by atoms with Gasteiger partial charge in [-0.05, 0) is 50.5 Å². The van der Waals surface area contributed by atoms with E-state index in [9.17, 15) is 14.4 Å². The van der Waals surface area contributed by atoms with E-state index in [4.69, 9.17) is 28.9 Å². The second kappa shape index (κ2) is 7.02. The van der Waals surface area contributed by atoms with E-state index in [-0.39, 0.29) is 23.1 Å². The molecule has 1 aromatic carbocycles. The molecule has 1 aromatic heterocycles. The number of nitrogens with one attached hydrogen (secondary N) is 1. The summed E-state index contributed by atoms with van der Waals surface area (Å²) in [6, 6.07) is 7.71. The van der Waals surface area contributed by atoms with Crippen LogP contribution in [0.4, 0.5) is 10.2 Å². The molecular weight excluding hydrogens is 392 g/mol. The molecule has 6 nitrogen and oxygen atoms in total. The molecule has 0 aliphatic heterocycles. The molecule has 0 bridgehead atoms. The number of anilines is 1. The molecule has 1 fully saturated rings. The Morgan fingerprint density at radius 1 is 1.44 bits per heavy atom. The Morgan fingerprint density at radius 3 is 2.63 bits per heavy atom. The van der Waals surface area contributed by atoms with Gasteiger partial charge >= 0.3 is 0 Å². The molecule has 1 aliphatic rings. The summed E-state index contributed by atoms with van der Waals surface area (Å²) in [5, 5.41) is 16.6. The van der Waals surface area contributed by atoms with Crippen LogP contribution in [-0.4, -0.2) is 26.6 Å². The molecule has 142 valence electrons. The van der Waals surface area contributed by atoms with Crippen LogP contribution in [0.3, 0.4) is 0 Å². The predicted molar refractivity (Wildman–Crippen MR) is 101 cm³/mol. The first-order valence-corrected chi connectivity index (χ1v) is 9.15. The lowest BCUT2D eigenvalue weighted by atomic mass is 10.1. The van der Waals surface area contributed by atoms with Crippen LogP contribution in [0.2, 0.25) is 0 Å². The van der Waals surface area contributed by atoms with Gasteiger partial charge in [0.25, 0.3) is 0 Å². The van der Waals surface area contributed by atoms with E-state index in [2.05, 4.69) is 16.5 Å². The standard InChI is InChI=1S/C18H18Cl2FN5O/c1-17(10-18(17,19)20)16(27)24-8-2-3-14-13(9-22)15(23)26(25-14)12-6-4-11(21)5-7-12/h4-7H,2-3,8,10,23H2,1H3,(H,24,27)/t17-/m1/s1. The number of nitrogens with zero attached hydrogens (tertiary/aromatic N) is 3. The molecule has 3 N–H and O–H groups in total. The van der Waals surface area contributed by atoms with Crippen molar-refractivity contribution in [1.29, 1.82) is 5.26 Å². The van der Waals surface area contributed by atoms with E-state index < -0.39 is 9.75 Å². The number of aromatic nitrogens is 2. The fourth-order valence-corrected chi connectivity index (χ4v) is 3.56. The van der Waals surface area contributed by atoms with Crippen molar-refractivity contribution in [2.24, 2.45) is 5.41 Å². The van der Waals surface area contributed by atoms with Gasteiger partial charge in [-0.15, -0.1) is 23.2 Å². The van der Waals surface area contributed by atoms with Gasteiger partial charge in [-0.2, -0.15) is 10.4 Å². The topological polar surface area (TPSA) is 96.7 Å². The minimum absolute atomic E-state index is 0.190. The number of amides is 1. The highest BCUT2D eigenvalue weighted by Gasteiger charge is 2.67. The van der Waals surface area contributed by atoms with Crippen molar-refractivity contribution < 1.29 is 9.18 Å². The smallest absolute Gasteiger partial charge is 0.229 e. The Bertz CT molecular complexity index is 919. The minimum Gasteiger partial charge on any atom is -0.382 e. The number of hydrogen-bond donors (Lipinski definition) is 2. The Balaban J connectivity index is 1.64. The Labute approximate surface area is 166 Å². The number of nitrogens with two attached hydrogens (primary N) is 1. The average molecular weight is 410 g/mol. The molecule has 1 atom stereocenters. The van der Waals surface area contributed by atoms with E-state index >= 15 is 0 Å². The van der Waals surface area contributed by atoms with Crippen molar-refractivity contribution in [1.82, 2.24) is 15.1 Å². The summed E-state index contributed by atoms with van der Waals surface area (Å²) in [5.41, 5.74) is 6.62. The average Bonchev–Trinajstić information content (AvgIpc) is 2.99. The van der Waals surface area contributed by atoms with Gasteiger partial charge in [-0.3, -0.25) is 4.79 Å². The third kappa shape index (κ3) is 3.60. The summed E-state index contributed by atoms with van der Waals surface area (Å²) in [5.74, 6) is -0.365. The molecule has 2 aromatic rings. The lowest BCUT2D eigenvalue weighted by Crippen LogP contribution is -2.34. The van der Waals surface area contributed by atoms with Crippen LogP contribution in [-0.2, 0) is 11.2 Å². The molecule has 1 heterocycles. The highest BCUT2D eigenvalue weighted by molar-refractivity contribution is 6.53. The van der Waals surface area contributed by atoms with Crippen molar-refractivity contribution in [3.05, 3.63) is 41.3 Å². The largest absolute Gasteiger partial charge is 0.382 e. The van der Waals surface area contributed by atoms with Crippen LogP contribution in [0, 0.1) is 22.6 Å². The lowest BCUT2D eigenvalue weighted by molar-refractivity contribution is -0.125. The number of aryl methyl sites for hydroxylation is 1. The molecule has 0 spiro atoms. The predicted octanol–water partition coefficient (Wildman–Crippen LogP) is 3.10. The first kappa shape index (κ1) is 19.5. The van der Waals surface area contributed by atoms with Crippen molar-refractivity contribution >= 4 is 34.9 Å². The number of nitriles is 1. The quantitative estimate of drug-likeness (QED) is 0.565. The van der Waals surface area contributed by atoms with Gasteiger partial charge in [0.1, 0.15) is 27.6 Å². The van der Waals surface area contributed by atoms with Gasteiger partial charge in [0.15, 0.2) is 0 Å². The van der Waals surface area contributed by atoms with Gasteiger partial charge in [0.05, 0.1) is 16.8 Å². The number of nitrogen functional groups attached to an aromatic ring is 1. The van der Waals surface area contributed by atoms with Gasteiger partial charge in [0.2, 0.25) is 5.91 Å². The first-order chi connectivity index (χ1) is 12.7. The monoisotopic (exact) mass is 409 g/mol. The number of alkyl halides is 2. The number of carbonyl (C=O) groups is 1. The fraction of sp³-hybridized carbons (Fsp3) is 0.389. The molecule has 3 rings (SSSR count). The number of hydrogen-bond acceptors (Lipinski definition) is 4. The molecule has 1 saturated carbocycles. The van der Waals surface area contributed by atoms with Crippen LogP contribution >= 0.6 is 23.2 Å². The molecule has 27 heavy (non-hydrogen) atoms. The highest BCUT2D eigenvalue weighted by Crippen LogP contribution is 2.63. The molecule has 0 saturated heterocycles. The van der Waals surface area contributed by atoms with Crippen molar-refractivity contribution in [2.75, 3.05) is 12.3 Å². The first-order valence-electron chi connectivity index (χ1n) is 8.39. The summed E-state index contributed by atoms with van der Waals surface area (Å²) >= 11 is 12.0. The SMILES string of the molecule is C[C@]1(C(=O)NCCCc2nn(-c3ccc(F)cc3)c(N)c2C#N)CC1(Cl)Cl. The fourth-order valence-electron chi connectivity index (χ4n) is 2.85. The number of carbonyl (C=O) groups excluding carboxylic acids is 1.